The van der Waals surface area contributed by atoms with Gasteiger partial charge in [-0.1, -0.05) is 195 Å². The molecule has 1 aromatic heterocycles. The van der Waals surface area contributed by atoms with Crippen LogP contribution in [0.2, 0.25) is 0 Å². The average Bonchev–Trinajstić information content (AvgIpc) is 3.70. The predicted molar refractivity (Wildman–Crippen MR) is 318 cm³/mol. The number of thiophene rings is 1. The van der Waals surface area contributed by atoms with Gasteiger partial charge in [0.1, 0.15) is 0 Å². The third-order valence-corrected chi connectivity index (χ3v) is 17.4. The molecule has 72 heavy (non-hydrogen) atoms. The van der Waals surface area contributed by atoms with Crippen LogP contribution in [0.1, 0.15) is 132 Å². The SMILES string of the molecule is CC(C)(C)c1ccc(N2c3cc(C(C)(C)C)cc4c3B(c3cc(C(C)(C)C)ccc3N4c3ccc(C(C)(C)C)cc3-c3ccc4ccc5cccc6ccc3c4c56)c3sc4ccc(C(C)(C)C)cc4c32)cc1. The third-order valence-electron chi connectivity index (χ3n) is 16.2. The molecule has 0 spiro atoms. The van der Waals surface area contributed by atoms with Gasteiger partial charge in [0.25, 0.3) is 6.71 Å². The smallest absolute Gasteiger partial charge is 0.264 e. The molecule has 0 atom stereocenters. The minimum absolute atomic E-state index is 0.00412. The van der Waals surface area contributed by atoms with Gasteiger partial charge < -0.3 is 9.80 Å². The Morgan fingerprint density at radius 1 is 0.375 bits per heavy atom. The van der Waals surface area contributed by atoms with Crippen LogP contribution in [-0.4, -0.2) is 6.71 Å². The zero-order valence-electron chi connectivity index (χ0n) is 45.2. The molecule has 9 aromatic carbocycles. The molecule has 0 aliphatic carbocycles. The van der Waals surface area contributed by atoms with Crippen molar-refractivity contribution < 1.29 is 0 Å². The van der Waals surface area contributed by atoms with Gasteiger partial charge in [-0.2, -0.15) is 0 Å². The summed E-state index contributed by atoms with van der Waals surface area (Å²) >= 11 is 2.00. The number of benzene rings is 9. The van der Waals surface area contributed by atoms with Crippen molar-refractivity contribution in [2.24, 2.45) is 0 Å². The van der Waals surface area contributed by atoms with E-state index in [1.54, 1.807) is 0 Å². The van der Waals surface area contributed by atoms with Gasteiger partial charge in [-0.05, 0) is 158 Å². The maximum Gasteiger partial charge on any atom is 0.264 e. The van der Waals surface area contributed by atoms with Crippen LogP contribution in [0, 0.1) is 0 Å². The fourth-order valence-electron chi connectivity index (χ4n) is 11.9. The highest BCUT2D eigenvalue weighted by molar-refractivity contribution is 7.33. The van der Waals surface area contributed by atoms with Gasteiger partial charge in [0, 0.05) is 43.2 Å². The van der Waals surface area contributed by atoms with Crippen molar-refractivity contribution in [3.8, 4) is 11.1 Å². The summed E-state index contributed by atoms with van der Waals surface area (Å²) in [6, 6.07) is 57.6. The molecule has 10 aromatic rings. The zero-order valence-corrected chi connectivity index (χ0v) is 46.1. The van der Waals surface area contributed by atoms with Crippen molar-refractivity contribution in [1.82, 2.24) is 0 Å². The molecule has 12 rings (SSSR count). The zero-order chi connectivity index (χ0) is 50.8. The second-order valence-electron chi connectivity index (χ2n) is 26.3. The Hall–Kier alpha value is -6.36. The van der Waals surface area contributed by atoms with Crippen LogP contribution in [0.5, 0.6) is 0 Å². The molecule has 2 aliphatic heterocycles. The molecule has 360 valence electrons. The fourth-order valence-corrected chi connectivity index (χ4v) is 13.2. The third kappa shape index (κ3) is 7.25. The monoisotopic (exact) mass is 957 g/mol. The van der Waals surface area contributed by atoms with E-state index in [9.17, 15) is 0 Å². The molecule has 4 heteroatoms. The number of nitrogens with zero attached hydrogens (tertiary/aromatic N) is 2. The lowest BCUT2D eigenvalue weighted by Crippen LogP contribution is -2.60. The van der Waals surface area contributed by atoms with Gasteiger partial charge in [-0.15, -0.1) is 11.3 Å². The summed E-state index contributed by atoms with van der Waals surface area (Å²) in [5.41, 5.74) is 19.2. The van der Waals surface area contributed by atoms with Gasteiger partial charge in [0.05, 0.1) is 11.4 Å². The highest BCUT2D eigenvalue weighted by Gasteiger charge is 2.47. The number of fused-ring (bicyclic) bond motifs is 6. The van der Waals surface area contributed by atoms with E-state index in [4.69, 9.17) is 0 Å². The number of hydrogen-bond acceptors (Lipinski definition) is 3. The van der Waals surface area contributed by atoms with Crippen molar-refractivity contribution in [3.63, 3.8) is 0 Å². The molecule has 0 amide bonds. The molecule has 0 saturated heterocycles. The first-order valence-electron chi connectivity index (χ1n) is 26.3. The number of anilines is 6. The maximum atomic E-state index is 2.68. The first-order chi connectivity index (χ1) is 33.9. The van der Waals surface area contributed by atoms with Crippen molar-refractivity contribution in [3.05, 3.63) is 173 Å². The molecule has 0 fully saturated rings. The Kier molecular flexibility index (Phi) is 10.1. The molecular weight excluding hydrogens is 888 g/mol. The summed E-state index contributed by atoms with van der Waals surface area (Å²) in [5, 5.41) is 9.18. The van der Waals surface area contributed by atoms with Crippen molar-refractivity contribution in [2.75, 3.05) is 9.80 Å². The van der Waals surface area contributed by atoms with Crippen LogP contribution in [0.3, 0.4) is 0 Å². The van der Waals surface area contributed by atoms with E-state index in [-0.39, 0.29) is 33.8 Å². The Balaban J connectivity index is 1.22. The van der Waals surface area contributed by atoms with Gasteiger partial charge in [-0.3, -0.25) is 0 Å². The second kappa shape index (κ2) is 15.6. The standard InChI is InChI=1S/C68H69BN2S/c1-64(2,3)43-23-28-48(29-24-43)70-56-38-47(68(13,14)15)39-57-61(56)69(63-62(70)52-36-45(66(7,8)9)27-34-58(52)72-63)53-37-46(67(10,11)12)26-33-55(53)71(57)54-32-25-44(65(4,5)6)35-51(54)49-30-21-42-20-19-40-17-16-18-41-22-31-50(49)60(42)59(40)41/h16-39H,1-15H3. The Morgan fingerprint density at radius 3 is 1.51 bits per heavy atom. The van der Waals surface area contributed by atoms with Crippen LogP contribution < -0.4 is 25.5 Å². The van der Waals surface area contributed by atoms with E-state index in [0.717, 1.165) is 0 Å². The molecule has 3 heterocycles. The minimum atomic E-state index is -0.147. The fraction of sp³-hybridized carbons (Fsp3) is 0.294. The van der Waals surface area contributed by atoms with E-state index in [0.29, 0.717) is 0 Å². The van der Waals surface area contributed by atoms with E-state index < -0.39 is 0 Å². The Labute approximate surface area is 433 Å². The van der Waals surface area contributed by atoms with Crippen LogP contribution >= 0.6 is 11.3 Å². The quantitative estimate of drug-likeness (QED) is 0.129. The van der Waals surface area contributed by atoms with Crippen molar-refractivity contribution >= 4 is 110 Å². The van der Waals surface area contributed by atoms with Gasteiger partial charge in [0.2, 0.25) is 0 Å². The highest BCUT2D eigenvalue weighted by atomic mass is 32.1. The van der Waals surface area contributed by atoms with E-state index in [2.05, 4.69) is 259 Å². The second-order valence-corrected chi connectivity index (χ2v) is 27.4. The van der Waals surface area contributed by atoms with E-state index in [1.807, 2.05) is 11.3 Å². The lowest BCUT2D eigenvalue weighted by Gasteiger charge is -2.45. The van der Waals surface area contributed by atoms with Gasteiger partial charge in [-0.25, -0.2) is 0 Å². The van der Waals surface area contributed by atoms with Gasteiger partial charge in [0.15, 0.2) is 0 Å². The summed E-state index contributed by atoms with van der Waals surface area (Å²) in [4.78, 5) is 5.35. The first-order valence-corrected chi connectivity index (χ1v) is 27.1. The molecule has 0 saturated carbocycles. The van der Waals surface area contributed by atoms with Crippen LogP contribution in [0.4, 0.5) is 34.1 Å². The van der Waals surface area contributed by atoms with Crippen molar-refractivity contribution in [1.29, 1.82) is 0 Å². The Morgan fingerprint density at radius 2 is 0.889 bits per heavy atom. The Bertz CT molecular complexity index is 3820. The summed E-state index contributed by atoms with van der Waals surface area (Å²) < 4.78 is 2.75. The minimum Gasteiger partial charge on any atom is -0.311 e. The number of hydrogen-bond donors (Lipinski definition) is 0. The van der Waals surface area contributed by atoms with Gasteiger partial charge >= 0.3 is 0 Å². The molecule has 0 N–H and O–H groups in total. The van der Waals surface area contributed by atoms with Crippen LogP contribution in [0.15, 0.2) is 146 Å². The van der Waals surface area contributed by atoms with Crippen molar-refractivity contribution in [2.45, 2.75) is 131 Å². The highest BCUT2D eigenvalue weighted by Crippen LogP contribution is 2.53. The molecular formula is C68H69BN2S. The topological polar surface area (TPSA) is 6.48 Å². The molecule has 2 aliphatic rings. The normalized spacial score (nSPS) is 14.2. The summed E-state index contributed by atoms with van der Waals surface area (Å²) in [7, 11) is 0. The summed E-state index contributed by atoms with van der Waals surface area (Å²) in [6.45, 7) is 35.3. The average molecular weight is 957 g/mol. The largest absolute Gasteiger partial charge is 0.311 e. The molecule has 2 nitrogen and oxygen atoms in total. The van der Waals surface area contributed by atoms with Crippen LogP contribution in [-0.2, 0) is 27.1 Å². The maximum absolute atomic E-state index is 2.68. The molecule has 0 radical (unpaired) electrons. The molecule has 0 bridgehead atoms. The summed E-state index contributed by atoms with van der Waals surface area (Å²) in [5.74, 6) is 0. The predicted octanol–water partition coefficient (Wildman–Crippen LogP) is 18.0. The van der Waals surface area contributed by atoms with E-state index in [1.165, 1.54) is 131 Å². The lowest BCUT2D eigenvalue weighted by molar-refractivity contribution is 0.589. The summed E-state index contributed by atoms with van der Waals surface area (Å²) in [6.07, 6.45) is 0. The lowest BCUT2D eigenvalue weighted by atomic mass is 9.36. The number of rotatable bonds is 3. The molecule has 0 unspecified atom stereocenters. The van der Waals surface area contributed by atoms with E-state index >= 15 is 0 Å². The first kappa shape index (κ1) is 46.7. The van der Waals surface area contributed by atoms with Crippen LogP contribution in [0.25, 0.3) is 53.5 Å².